The average molecular weight is 342 g/mol. The van der Waals surface area contributed by atoms with E-state index in [4.69, 9.17) is 18.9 Å². The maximum atomic E-state index is 10.6. The predicted octanol–water partition coefficient (Wildman–Crippen LogP) is 2.27. The minimum absolute atomic E-state index is 0.359. The molecule has 0 spiro atoms. The summed E-state index contributed by atoms with van der Waals surface area (Å²) < 4.78 is 23.4. The van der Waals surface area contributed by atoms with Crippen LogP contribution in [0.15, 0.2) is 60.7 Å². The van der Waals surface area contributed by atoms with Crippen molar-refractivity contribution < 1.29 is 24.1 Å². The van der Waals surface area contributed by atoms with Crippen molar-refractivity contribution in [2.24, 2.45) is 0 Å². The fraction of sp³-hybridized carbons (Fsp3) is 0.400. The summed E-state index contributed by atoms with van der Waals surface area (Å²) in [6.07, 6.45) is -2.60. The summed E-state index contributed by atoms with van der Waals surface area (Å²) in [5.74, 6) is 0. The molecule has 1 N–H and O–H groups in total. The second-order valence-electron chi connectivity index (χ2n) is 6.39. The molecule has 25 heavy (non-hydrogen) atoms. The minimum Gasteiger partial charge on any atom is -0.387 e. The van der Waals surface area contributed by atoms with Gasteiger partial charge in [0, 0.05) is 0 Å². The van der Waals surface area contributed by atoms with Gasteiger partial charge >= 0.3 is 0 Å². The van der Waals surface area contributed by atoms with Crippen molar-refractivity contribution >= 4 is 0 Å². The predicted molar refractivity (Wildman–Crippen MR) is 90.7 cm³/mol. The van der Waals surface area contributed by atoms with Crippen molar-refractivity contribution in [3.63, 3.8) is 0 Å². The van der Waals surface area contributed by atoms with E-state index in [1.165, 1.54) is 0 Å². The Morgan fingerprint density at radius 2 is 1.40 bits per heavy atom. The summed E-state index contributed by atoms with van der Waals surface area (Å²) in [4.78, 5) is 0. The van der Waals surface area contributed by atoms with E-state index in [1.807, 2.05) is 60.7 Å². The lowest BCUT2D eigenvalue weighted by atomic mass is 10.0. The molecule has 2 aliphatic rings. The molecule has 5 nitrogen and oxygen atoms in total. The molecule has 2 aromatic rings. The molecule has 0 radical (unpaired) electrons. The molecule has 0 saturated carbocycles. The molecule has 2 aliphatic heterocycles. The Bertz CT molecular complexity index is 619. The molecule has 2 saturated heterocycles. The van der Waals surface area contributed by atoms with Gasteiger partial charge in [-0.15, -0.1) is 0 Å². The van der Waals surface area contributed by atoms with Crippen LogP contribution in [-0.2, 0) is 32.2 Å². The second-order valence-corrected chi connectivity index (χ2v) is 6.39. The van der Waals surface area contributed by atoms with Gasteiger partial charge in [-0.3, -0.25) is 0 Å². The molecule has 0 aliphatic carbocycles. The Balaban J connectivity index is 1.45. The molecule has 0 aromatic heterocycles. The number of rotatable bonds is 6. The highest BCUT2D eigenvalue weighted by atomic mass is 16.8. The Kier molecular flexibility index (Phi) is 5.10. The second kappa shape index (κ2) is 7.64. The van der Waals surface area contributed by atoms with E-state index in [1.54, 1.807) is 0 Å². The number of ether oxygens (including phenoxy) is 4. The van der Waals surface area contributed by atoms with Crippen LogP contribution in [0.2, 0.25) is 0 Å². The lowest BCUT2D eigenvalue weighted by molar-refractivity contribution is -0.258. The number of aliphatic hydroxyl groups excluding tert-OH is 1. The normalized spacial score (nSPS) is 31.2. The van der Waals surface area contributed by atoms with E-state index < -0.39 is 24.6 Å². The third kappa shape index (κ3) is 3.76. The van der Waals surface area contributed by atoms with Gasteiger partial charge in [0.25, 0.3) is 0 Å². The highest BCUT2D eigenvalue weighted by Gasteiger charge is 2.51. The van der Waals surface area contributed by atoms with Gasteiger partial charge in [-0.1, -0.05) is 60.7 Å². The van der Waals surface area contributed by atoms with Crippen LogP contribution in [0.5, 0.6) is 0 Å². The van der Waals surface area contributed by atoms with Crippen LogP contribution >= 0.6 is 0 Å². The number of hydrogen-bond acceptors (Lipinski definition) is 5. The van der Waals surface area contributed by atoms with Gasteiger partial charge in [-0.2, -0.15) is 0 Å². The number of hydrogen-bond donors (Lipinski definition) is 1. The molecule has 2 aromatic carbocycles. The Hall–Kier alpha value is -1.76. The van der Waals surface area contributed by atoms with Crippen molar-refractivity contribution in [1.29, 1.82) is 0 Å². The molecule has 4 rings (SSSR count). The van der Waals surface area contributed by atoms with Crippen LogP contribution in [0.1, 0.15) is 11.1 Å². The van der Waals surface area contributed by atoms with Crippen molar-refractivity contribution in [1.82, 2.24) is 0 Å². The van der Waals surface area contributed by atoms with Gasteiger partial charge in [0.2, 0.25) is 0 Å². The van der Waals surface area contributed by atoms with Crippen LogP contribution in [0.4, 0.5) is 0 Å². The highest BCUT2D eigenvalue weighted by Crippen LogP contribution is 2.32. The molecule has 2 heterocycles. The van der Waals surface area contributed by atoms with Crippen LogP contribution in [0.25, 0.3) is 0 Å². The van der Waals surface area contributed by atoms with Gasteiger partial charge in [-0.25, -0.2) is 0 Å². The monoisotopic (exact) mass is 342 g/mol. The highest BCUT2D eigenvalue weighted by molar-refractivity contribution is 5.14. The van der Waals surface area contributed by atoms with E-state index >= 15 is 0 Å². The first-order valence-corrected chi connectivity index (χ1v) is 8.57. The summed E-state index contributed by atoms with van der Waals surface area (Å²) in [5, 5.41) is 10.6. The molecule has 0 unspecified atom stereocenters. The van der Waals surface area contributed by atoms with Gasteiger partial charge in [0.1, 0.15) is 24.4 Å². The van der Waals surface area contributed by atoms with Crippen molar-refractivity contribution in [3.8, 4) is 0 Å². The molecular formula is C20H22O5. The summed E-state index contributed by atoms with van der Waals surface area (Å²) >= 11 is 0. The van der Waals surface area contributed by atoms with Gasteiger partial charge in [0.05, 0.1) is 19.8 Å². The maximum absolute atomic E-state index is 10.6. The lowest BCUT2D eigenvalue weighted by Crippen LogP contribution is -2.55. The quantitative estimate of drug-likeness (QED) is 0.873. The first kappa shape index (κ1) is 16.7. The van der Waals surface area contributed by atoms with Gasteiger partial charge in [0.15, 0.2) is 6.29 Å². The summed E-state index contributed by atoms with van der Waals surface area (Å²) in [6.45, 7) is 1.19. The Morgan fingerprint density at radius 1 is 0.840 bits per heavy atom. The fourth-order valence-corrected chi connectivity index (χ4v) is 3.25. The Labute approximate surface area is 147 Å². The topological polar surface area (TPSA) is 57.2 Å². The summed E-state index contributed by atoms with van der Waals surface area (Å²) in [6, 6.07) is 19.8. The largest absolute Gasteiger partial charge is 0.387 e. The van der Waals surface area contributed by atoms with Crippen LogP contribution < -0.4 is 0 Å². The van der Waals surface area contributed by atoms with Crippen LogP contribution in [0.3, 0.4) is 0 Å². The van der Waals surface area contributed by atoms with Gasteiger partial charge < -0.3 is 24.1 Å². The van der Waals surface area contributed by atoms with Gasteiger partial charge in [-0.05, 0) is 11.1 Å². The van der Waals surface area contributed by atoms with E-state index in [0.29, 0.717) is 19.8 Å². The number of fused-ring (bicyclic) bond motifs is 2. The first-order valence-electron chi connectivity index (χ1n) is 8.57. The molecule has 132 valence electrons. The summed E-state index contributed by atoms with van der Waals surface area (Å²) in [7, 11) is 0. The summed E-state index contributed by atoms with van der Waals surface area (Å²) in [5.41, 5.74) is 2.11. The first-order chi connectivity index (χ1) is 12.3. The lowest BCUT2D eigenvalue weighted by Gasteiger charge is -2.38. The maximum Gasteiger partial charge on any atom is 0.187 e. The molecule has 2 fully saturated rings. The van der Waals surface area contributed by atoms with E-state index in [0.717, 1.165) is 11.1 Å². The number of benzene rings is 2. The zero-order chi connectivity index (χ0) is 17.1. The molecule has 5 heteroatoms. The van der Waals surface area contributed by atoms with Crippen LogP contribution in [0, 0.1) is 0 Å². The van der Waals surface area contributed by atoms with E-state index in [-0.39, 0.29) is 6.10 Å². The third-order valence-corrected chi connectivity index (χ3v) is 4.61. The standard InChI is InChI=1S/C20H22O5/c21-17-16-13-24-20(25-16)19(23-12-15-9-5-2-6-10-15)18(17)22-11-14-7-3-1-4-8-14/h1-10,16-21H,11-13H2/t16-,17+,18-,19-,20-/m0/s1. The Morgan fingerprint density at radius 3 is 2.00 bits per heavy atom. The average Bonchev–Trinajstić information content (AvgIpc) is 3.11. The fourth-order valence-electron chi connectivity index (χ4n) is 3.25. The molecule has 0 amide bonds. The molecule has 2 bridgehead atoms. The number of aliphatic hydroxyl groups is 1. The minimum atomic E-state index is -0.775. The zero-order valence-electron chi connectivity index (χ0n) is 13.9. The van der Waals surface area contributed by atoms with Crippen molar-refractivity contribution in [2.75, 3.05) is 6.61 Å². The molecular weight excluding hydrogens is 320 g/mol. The third-order valence-electron chi connectivity index (χ3n) is 4.61. The SMILES string of the molecule is O[C@H]1[C@H](OCc2ccccc2)[C@H](OCc2ccccc2)[C@H]2OC[C@@H]1O2. The van der Waals surface area contributed by atoms with E-state index in [9.17, 15) is 5.11 Å². The molecule has 5 atom stereocenters. The van der Waals surface area contributed by atoms with Crippen molar-refractivity contribution in [3.05, 3.63) is 71.8 Å². The smallest absolute Gasteiger partial charge is 0.187 e. The van der Waals surface area contributed by atoms with E-state index in [2.05, 4.69) is 0 Å². The zero-order valence-corrected chi connectivity index (χ0v) is 13.9. The van der Waals surface area contributed by atoms with Crippen LogP contribution in [-0.4, -0.2) is 42.4 Å². The van der Waals surface area contributed by atoms with Crippen molar-refractivity contribution in [2.45, 2.75) is 43.9 Å².